The van der Waals surface area contributed by atoms with E-state index in [-0.39, 0.29) is 0 Å². The molecule has 2 atom stereocenters. The molecule has 17 heavy (non-hydrogen) atoms. The van der Waals surface area contributed by atoms with Crippen LogP contribution in [-0.2, 0) is 9.53 Å². The highest BCUT2D eigenvalue weighted by atomic mass is 16.6. The molecular formula is C14H16O3. The van der Waals surface area contributed by atoms with Crippen LogP contribution in [0.2, 0.25) is 0 Å². The summed E-state index contributed by atoms with van der Waals surface area (Å²) in [5.74, 6) is -0.443. The summed E-state index contributed by atoms with van der Waals surface area (Å²) in [6.45, 7) is 4.81. The molecule has 0 aliphatic carbocycles. The largest absolute Gasteiger partial charge is 0.455 e. The molecule has 0 radical (unpaired) electrons. The summed E-state index contributed by atoms with van der Waals surface area (Å²) in [6, 6.07) is 9.56. The summed E-state index contributed by atoms with van der Waals surface area (Å²) in [5.41, 5.74) is 0.970. The average molecular weight is 232 g/mol. The highest BCUT2D eigenvalue weighted by Crippen LogP contribution is 2.07. The summed E-state index contributed by atoms with van der Waals surface area (Å²) >= 11 is 0. The third kappa shape index (κ3) is 4.66. The van der Waals surface area contributed by atoms with Gasteiger partial charge in [-0.15, -0.1) is 0 Å². The van der Waals surface area contributed by atoms with Gasteiger partial charge in [-0.3, -0.25) is 4.79 Å². The number of aliphatic hydroxyl groups excluding tert-OH is 1. The van der Waals surface area contributed by atoms with E-state index in [1.807, 2.05) is 30.3 Å². The minimum absolute atomic E-state index is 0.443. The van der Waals surface area contributed by atoms with E-state index in [1.165, 1.54) is 13.0 Å². The molecule has 0 fully saturated rings. The third-order valence-electron chi connectivity index (χ3n) is 2.16. The van der Waals surface area contributed by atoms with Crippen molar-refractivity contribution in [1.82, 2.24) is 0 Å². The predicted octanol–water partition coefficient (Wildman–Crippen LogP) is 2.18. The van der Waals surface area contributed by atoms with Crippen LogP contribution in [0, 0.1) is 0 Å². The van der Waals surface area contributed by atoms with Crippen LogP contribution < -0.4 is 0 Å². The molecule has 0 saturated heterocycles. The molecule has 90 valence electrons. The molecule has 0 heterocycles. The second-order valence-electron chi connectivity index (χ2n) is 3.57. The third-order valence-corrected chi connectivity index (χ3v) is 2.16. The van der Waals surface area contributed by atoms with Crippen LogP contribution in [0.1, 0.15) is 12.5 Å². The van der Waals surface area contributed by atoms with Crippen molar-refractivity contribution in [2.24, 2.45) is 0 Å². The second-order valence-corrected chi connectivity index (χ2v) is 3.57. The fourth-order valence-corrected chi connectivity index (χ4v) is 1.33. The van der Waals surface area contributed by atoms with Crippen LogP contribution in [0.4, 0.5) is 0 Å². The van der Waals surface area contributed by atoms with Gasteiger partial charge in [0.25, 0.3) is 0 Å². The van der Waals surface area contributed by atoms with E-state index in [0.29, 0.717) is 0 Å². The number of ether oxygens (including phenoxy) is 1. The van der Waals surface area contributed by atoms with Crippen molar-refractivity contribution < 1.29 is 14.6 Å². The van der Waals surface area contributed by atoms with Crippen molar-refractivity contribution in [3.8, 4) is 0 Å². The van der Waals surface area contributed by atoms with Gasteiger partial charge in [0, 0.05) is 6.92 Å². The Morgan fingerprint density at radius 2 is 2.06 bits per heavy atom. The Kier molecular flexibility index (Phi) is 5.17. The van der Waals surface area contributed by atoms with Gasteiger partial charge >= 0.3 is 5.97 Å². The molecule has 1 aromatic carbocycles. The molecule has 0 aromatic heterocycles. The van der Waals surface area contributed by atoms with Crippen molar-refractivity contribution in [3.63, 3.8) is 0 Å². The van der Waals surface area contributed by atoms with Gasteiger partial charge in [0.05, 0.1) is 0 Å². The molecule has 0 unspecified atom stereocenters. The Bertz CT molecular complexity index is 395. The van der Waals surface area contributed by atoms with Gasteiger partial charge in [-0.2, -0.15) is 0 Å². The first kappa shape index (κ1) is 13.2. The zero-order valence-corrected chi connectivity index (χ0v) is 9.74. The predicted molar refractivity (Wildman–Crippen MR) is 67.2 cm³/mol. The van der Waals surface area contributed by atoms with Gasteiger partial charge in [-0.05, 0) is 11.6 Å². The maximum atomic E-state index is 10.8. The number of hydrogen-bond donors (Lipinski definition) is 1. The molecule has 0 saturated carbocycles. The van der Waals surface area contributed by atoms with E-state index >= 15 is 0 Å². The number of carbonyl (C=O) groups is 1. The molecule has 1 rings (SSSR count). The normalized spacial score (nSPS) is 14.2. The smallest absolute Gasteiger partial charge is 0.303 e. The summed E-state index contributed by atoms with van der Waals surface area (Å²) in [7, 11) is 0. The lowest BCUT2D eigenvalue weighted by Crippen LogP contribution is -2.26. The first-order valence-corrected chi connectivity index (χ1v) is 5.34. The van der Waals surface area contributed by atoms with Crippen LogP contribution >= 0.6 is 0 Å². The number of carbonyl (C=O) groups excluding carboxylic acids is 1. The molecule has 0 aliphatic rings. The monoisotopic (exact) mass is 232 g/mol. The molecule has 1 N–H and O–H groups in total. The van der Waals surface area contributed by atoms with Crippen molar-refractivity contribution in [3.05, 3.63) is 54.6 Å². The molecule has 1 aromatic rings. The van der Waals surface area contributed by atoms with Crippen LogP contribution in [0.25, 0.3) is 6.08 Å². The topological polar surface area (TPSA) is 46.5 Å². The zero-order chi connectivity index (χ0) is 12.7. The van der Waals surface area contributed by atoms with E-state index in [2.05, 4.69) is 6.58 Å². The summed E-state index contributed by atoms with van der Waals surface area (Å²) < 4.78 is 4.89. The Labute approximate surface area is 101 Å². The SMILES string of the molecule is C=C[C@@H](OC(C)=O)[C@H](O)/C=C/c1ccccc1. The molecule has 0 spiro atoms. The molecule has 0 amide bonds. The van der Waals surface area contributed by atoms with Crippen LogP contribution in [0.3, 0.4) is 0 Å². The fourth-order valence-electron chi connectivity index (χ4n) is 1.33. The molecular weight excluding hydrogens is 216 g/mol. The number of esters is 1. The van der Waals surface area contributed by atoms with Gasteiger partial charge in [0.15, 0.2) is 0 Å². The Morgan fingerprint density at radius 3 is 2.59 bits per heavy atom. The van der Waals surface area contributed by atoms with Crippen molar-refractivity contribution in [2.45, 2.75) is 19.1 Å². The maximum absolute atomic E-state index is 10.8. The lowest BCUT2D eigenvalue weighted by Gasteiger charge is -2.16. The molecule has 3 nitrogen and oxygen atoms in total. The first-order chi connectivity index (χ1) is 8.13. The van der Waals surface area contributed by atoms with Crippen LogP contribution in [0.5, 0.6) is 0 Å². The molecule has 0 bridgehead atoms. The average Bonchev–Trinajstić information content (AvgIpc) is 2.34. The van der Waals surface area contributed by atoms with Gasteiger partial charge in [0.2, 0.25) is 0 Å². The molecule has 3 heteroatoms. The Hall–Kier alpha value is -1.87. The highest BCUT2D eigenvalue weighted by molar-refractivity contribution is 5.66. The van der Waals surface area contributed by atoms with Gasteiger partial charge in [0.1, 0.15) is 12.2 Å². The van der Waals surface area contributed by atoms with Gasteiger partial charge in [-0.25, -0.2) is 0 Å². The Morgan fingerprint density at radius 1 is 1.41 bits per heavy atom. The number of rotatable bonds is 5. The summed E-state index contributed by atoms with van der Waals surface area (Å²) in [6.07, 6.45) is 3.14. The van der Waals surface area contributed by atoms with Crippen LogP contribution in [0.15, 0.2) is 49.1 Å². The van der Waals surface area contributed by atoms with Crippen LogP contribution in [-0.4, -0.2) is 23.3 Å². The standard InChI is InChI=1S/C14H16O3/c1-3-14(17-11(2)15)13(16)10-9-12-7-5-4-6-8-12/h3-10,13-14,16H,1H2,2H3/b10-9+/t13-,14-/m1/s1. The van der Waals surface area contributed by atoms with E-state index in [0.717, 1.165) is 5.56 Å². The highest BCUT2D eigenvalue weighted by Gasteiger charge is 2.15. The minimum atomic E-state index is -0.892. The van der Waals surface area contributed by atoms with E-state index < -0.39 is 18.2 Å². The van der Waals surface area contributed by atoms with Crippen molar-refractivity contribution in [2.75, 3.05) is 0 Å². The van der Waals surface area contributed by atoms with E-state index in [9.17, 15) is 9.90 Å². The molecule has 0 aliphatic heterocycles. The van der Waals surface area contributed by atoms with Crippen molar-refractivity contribution >= 4 is 12.0 Å². The lowest BCUT2D eigenvalue weighted by molar-refractivity contribution is -0.147. The summed E-state index contributed by atoms with van der Waals surface area (Å²) in [5, 5.41) is 9.78. The first-order valence-electron chi connectivity index (χ1n) is 5.34. The van der Waals surface area contributed by atoms with Gasteiger partial charge < -0.3 is 9.84 Å². The minimum Gasteiger partial charge on any atom is -0.455 e. The lowest BCUT2D eigenvalue weighted by atomic mass is 10.1. The maximum Gasteiger partial charge on any atom is 0.303 e. The van der Waals surface area contributed by atoms with E-state index in [4.69, 9.17) is 4.74 Å². The number of hydrogen-bond acceptors (Lipinski definition) is 3. The second kappa shape index (κ2) is 6.66. The Balaban J connectivity index is 2.63. The van der Waals surface area contributed by atoms with E-state index in [1.54, 1.807) is 12.2 Å². The quantitative estimate of drug-likeness (QED) is 0.625. The van der Waals surface area contributed by atoms with Crippen molar-refractivity contribution in [1.29, 1.82) is 0 Å². The fraction of sp³-hybridized carbons (Fsp3) is 0.214. The number of benzene rings is 1. The van der Waals surface area contributed by atoms with Gasteiger partial charge in [-0.1, -0.05) is 49.1 Å². The zero-order valence-electron chi connectivity index (χ0n) is 9.74. The summed E-state index contributed by atoms with van der Waals surface area (Å²) in [4.78, 5) is 10.8. The number of aliphatic hydroxyl groups is 1.